The lowest BCUT2D eigenvalue weighted by Gasteiger charge is -2.36. The number of rotatable bonds is 13. The van der Waals surface area contributed by atoms with Crippen LogP contribution in [0.4, 0.5) is 10.5 Å². The lowest BCUT2D eigenvalue weighted by Crippen LogP contribution is -2.31. The van der Waals surface area contributed by atoms with Gasteiger partial charge in [-0.05, 0) is 76.3 Å². The van der Waals surface area contributed by atoms with Crippen LogP contribution in [-0.2, 0) is 22.6 Å². The number of amides is 2. The van der Waals surface area contributed by atoms with E-state index >= 15 is 0 Å². The summed E-state index contributed by atoms with van der Waals surface area (Å²) in [6.07, 6.45) is -0.0917. The normalized spacial score (nSPS) is 17.3. The first kappa shape index (κ1) is 34.2. The number of ether oxygens (including phenoxy) is 3. The predicted molar refractivity (Wildman–Crippen MR) is 194 cm³/mol. The molecular formula is C40H40N2O6S. The molecule has 1 aliphatic rings. The van der Waals surface area contributed by atoms with E-state index in [1.165, 1.54) is 0 Å². The van der Waals surface area contributed by atoms with Crippen LogP contribution in [0.15, 0.2) is 127 Å². The standard InChI is InChI=1S/C40H40N2O6S/c43-20-21-49-27-37-24-38(30-14-12-28(26-44)13-15-30)48-39(47-37)33-9-5-8-32(23-33)31-7-4-6-29(22-31)25-41-40(45)42-34-16-18-36(19-17-34)46-35-10-2-1-3-11-35/h1-19,22-23,37-39,43-44H,20-21,24-27H2,(H2,41,42,45)/t37-,38+,39+/m0/s1. The van der Waals surface area contributed by atoms with Crippen LogP contribution in [-0.4, -0.2) is 40.5 Å². The topological polar surface area (TPSA) is 109 Å². The molecule has 49 heavy (non-hydrogen) atoms. The van der Waals surface area contributed by atoms with Gasteiger partial charge >= 0.3 is 6.03 Å². The van der Waals surface area contributed by atoms with Gasteiger partial charge in [0.05, 0.1) is 25.4 Å². The molecule has 8 nitrogen and oxygen atoms in total. The van der Waals surface area contributed by atoms with Crippen molar-refractivity contribution in [2.24, 2.45) is 0 Å². The summed E-state index contributed by atoms with van der Waals surface area (Å²) < 4.78 is 18.8. The van der Waals surface area contributed by atoms with Crippen molar-refractivity contribution >= 4 is 23.5 Å². The fourth-order valence-electron chi connectivity index (χ4n) is 5.62. The number of hydrogen-bond acceptors (Lipinski definition) is 7. The first-order chi connectivity index (χ1) is 24.1. The van der Waals surface area contributed by atoms with Gasteiger partial charge < -0.3 is 35.1 Å². The van der Waals surface area contributed by atoms with E-state index < -0.39 is 6.29 Å². The van der Waals surface area contributed by atoms with Gasteiger partial charge in [-0.15, -0.1) is 0 Å². The number of para-hydroxylation sites is 1. The molecule has 252 valence electrons. The Morgan fingerprint density at radius 3 is 2.24 bits per heavy atom. The molecule has 0 saturated carbocycles. The second-order valence-electron chi connectivity index (χ2n) is 11.7. The van der Waals surface area contributed by atoms with Crippen LogP contribution in [0.25, 0.3) is 11.1 Å². The van der Waals surface area contributed by atoms with Gasteiger partial charge in [0.15, 0.2) is 6.29 Å². The zero-order valence-corrected chi connectivity index (χ0v) is 27.9. The van der Waals surface area contributed by atoms with E-state index in [1.807, 2.05) is 97.1 Å². The molecule has 4 N–H and O–H groups in total. The van der Waals surface area contributed by atoms with E-state index in [4.69, 9.17) is 14.2 Å². The first-order valence-corrected chi connectivity index (χ1v) is 17.5. The third kappa shape index (κ3) is 9.72. The Labute approximate surface area is 291 Å². The maximum atomic E-state index is 12.7. The van der Waals surface area contributed by atoms with Crippen molar-refractivity contribution < 1.29 is 29.2 Å². The first-order valence-electron chi connectivity index (χ1n) is 16.3. The van der Waals surface area contributed by atoms with E-state index in [1.54, 1.807) is 23.9 Å². The molecule has 0 aromatic heterocycles. The van der Waals surface area contributed by atoms with Crippen molar-refractivity contribution in [3.8, 4) is 22.6 Å². The van der Waals surface area contributed by atoms with Gasteiger partial charge in [-0.1, -0.05) is 78.9 Å². The van der Waals surface area contributed by atoms with Gasteiger partial charge in [0, 0.05) is 35.7 Å². The highest BCUT2D eigenvalue weighted by atomic mass is 32.2. The molecule has 1 saturated heterocycles. The molecule has 1 aliphatic heterocycles. The van der Waals surface area contributed by atoms with Gasteiger partial charge in [0.2, 0.25) is 0 Å². The summed E-state index contributed by atoms with van der Waals surface area (Å²) in [6, 6.07) is 40.6. The molecular weight excluding hydrogens is 637 g/mol. The van der Waals surface area contributed by atoms with Crippen molar-refractivity contribution in [3.05, 3.63) is 150 Å². The highest BCUT2D eigenvalue weighted by Crippen LogP contribution is 2.39. The second kappa shape index (κ2) is 17.1. The molecule has 6 rings (SSSR count). The number of benzene rings is 5. The highest BCUT2D eigenvalue weighted by molar-refractivity contribution is 7.99. The van der Waals surface area contributed by atoms with Crippen LogP contribution >= 0.6 is 11.8 Å². The van der Waals surface area contributed by atoms with Crippen molar-refractivity contribution in [2.45, 2.75) is 38.1 Å². The van der Waals surface area contributed by atoms with Crippen molar-refractivity contribution in [2.75, 3.05) is 23.4 Å². The van der Waals surface area contributed by atoms with Gasteiger partial charge in [0.1, 0.15) is 11.5 Å². The minimum atomic E-state index is -0.566. The SMILES string of the molecule is O=C(NCc1cccc(-c2cccc([C@@H]3O[C@H](CSCCO)C[C@H](c4ccc(CO)cc4)O3)c2)c1)Nc1ccc(Oc2ccccc2)cc1. The zero-order valence-electron chi connectivity index (χ0n) is 27.0. The lowest BCUT2D eigenvalue weighted by atomic mass is 9.99. The molecule has 9 heteroatoms. The number of carbonyl (C=O) groups is 1. The highest BCUT2D eigenvalue weighted by Gasteiger charge is 2.32. The van der Waals surface area contributed by atoms with Gasteiger partial charge in [0.25, 0.3) is 0 Å². The van der Waals surface area contributed by atoms with Crippen LogP contribution in [0.3, 0.4) is 0 Å². The lowest BCUT2D eigenvalue weighted by molar-refractivity contribution is -0.245. The molecule has 0 radical (unpaired) electrons. The molecule has 0 spiro atoms. The third-order valence-electron chi connectivity index (χ3n) is 8.12. The summed E-state index contributed by atoms with van der Waals surface area (Å²) in [7, 11) is 0. The monoisotopic (exact) mass is 676 g/mol. The molecule has 3 atom stereocenters. The Kier molecular flexibility index (Phi) is 12.0. The molecule has 0 bridgehead atoms. The molecule has 0 aliphatic carbocycles. The minimum Gasteiger partial charge on any atom is -0.457 e. The van der Waals surface area contributed by atoms with Gasteiger partial charge in [-0.3, -0.25) is 0 Å². The number of thioether (sulfide) groups is 1. The van der Waals surface area contributed by atoms with Crippen LogP contribution < -0.4 is 15.4 Å². The summed E-state index contributed by atoms with van der Waals surface area (Å²) in [5.41, 5.74) is 6.45. The van der Waals surface area contributed by atoms with Gasteiger partial charge in [-0.2, -0.15) is 11.8 Å². The summed E-state index contributed by atoms with van der Waals surface area (Å²) in [5, 5.41) is 24.6. The Morgan fingerprint density at radius 1 is 0.755 bits per heavy atom. The predicted octanol–water partition coefficient (Wildman–Crippen LogP) is 8.23. The minimum absolute atomic E-state index is 0.00427. The fourth-order valence-corrected chi connectivity index (χ4v) is 6.39. The van der Waals surface area contributed by atoms with E-state index in [0.29, 0.717) is 30.2 Å². The van der Waals surface area contributed by atoms with Crippen LogP contribution in [0, 0.1) is 0 Å². The average Bonchev–Trinajstić information content (AvgIpc) is 3.15. The molecule has 0 unspecified atom stereocenters. The largest absolute Gasteiger partial charge is 0.457 e. The Balaban J connectivity index is 1.09. The van der Waals surface area contributed by atoms with Crippen LogP contribution in [0.5, 0.6) is 11.5 Å². The molecule has 5 aromatic carbocycles. The summed E-state index contributed by atoms with van der Waals surface area (Å²) in [6.45, 7) is 0.479. The number of urea groups is 1. The Morgan fingerprint density at radius 2 is 1.49 bits per heavy atom. The Bertz CT molecular complexity index is 1790. The summed E-state index contributed by atoms with van der Waals surface area (Å²) in [5.74, 6) is 2.84. The molecule has 1 fully saturated rings. The number of nitrogens with one attached hydrogen (secondary N) is 2. The van der Waals surface area contributed by atoms with E-state index in [2.05, 4.69) is 28.8 Å². The fraction of sp³-hybridized carbons (Fsp3) is 0.225. The average molecular weight is 677 g/mol. The van der Waals surface area contributed by atoms with Crippen molar-refractivity contribution in [1.82, 2.24) is 5.32 Å². The zero-order chi connectivity index (χ0) is 33.8. The maximum Gasteiger partial charge on any atom is 0.319 e. The number of carbonyl (C=O) groups excluding carboxylic acids is 1. The smallest absolute Gasteiger partial charge is 0.319 e. The van der Waals surface area contributed by atoms with E-state index in [9.17, 15) is 15.0 Å². The summed E-state index contributed by atoms with van der Waals surface area (Å²) in [4.78, 5) is 12.7. The maximum absolute atomic E-state index is 12.7. The number of aliphatic hydroxyl groups excluding tert-OH is 2. The second-order valence-corrected chi connectivity index (χ2v) is 12.9. The number of aliphatic hydroxyl groups is 2. The van der Waals surface area contributed by atoms with Crippen molar-refractivity contribution in [1.29, 1.82) is 0 Å². The summed E-state index contributed by atoms with van der Waals surface area (Å²) >= 11 is 1.67. The van der Waals surface area contributed by atoms with E-state index in [-0.39, 0.29) is 31.5 Å². The van der Waals surface area contributed by atoms with Crippen LogP contribution in [0.2, 0.25) is 0 Å². The molecule has 2 amide bonds. The third-order valence-corrected chi connectivity index (χ3v) is 9.20. The number of hydrogen-bond donors (Lipinski definition) is 4. The number of anilines is 1. The van der Waals surface area contributed by atoms with E-state index in [0.717, 1.165) is 44.9 Å². The quantitative estimate of drug-likeness (QED) is 0.0931. The molecule has 5 aromatic rings. The Hall–Kier alpha value is -4.64. The van der Waals surface area contributed by atoms with Crippen molar-refractivity contribution in [3.63, 3.8) is 0 Å². The van der Waals surface area contributed by atoms with Crippen LogP contribution in [0.1, 0.15) is 41.1 Å². The molecule has 1 heterocycles. The van der Waals surface area contributed by atoms with Gasteiger partial charge in [-0.25, -0.2) is 4.79 Å².